The summed E-state index contributed by atoms with van der Waals surface area (Å²) in [5.41, 5.74) is 2.30. The van der Waals surface area contributed by atoms with Crippen molar-refractivity contribution in [2.24, 2.45) is 0 Å². The lowest BCUT2D eigenvalue weighted by molar-refractivity contribution is 0.348. The number of nitrogens with zero attached hydrogens (tertiary/aromatic N) is 2. The Morgan fingerprint density at radius 2 is 2.27 bits per heavy atom. The first-order valence-electron chi connectivity index (χ1n) is 5.53. The summed E-state index contributed by atoms with van der Waals surface area (Å²) in [6.45, 7) is 6.22. The van der Waals surface area contributed by atoms with E-state index in [4.69, 9.17) is 0 Å². The minimum Gasteiger partial charge on any atom is -0.308 e. The molecule has 0 radical (unpaired) electrons. The maximum absolute atomic E-state index is 4.20. The van der Waals surface area contributed by atoms with Gasteiger partial charge in [-0.1, -0.05) is 6.92 Å². The molecule has 1 atom stereocenters. The lowest BCUT2D eigenvalue weighted by atomic mass is 10.3. The molecule has 86 valence electrons. The molecule has 0 bridgehead atoms. The summed E-state index contributed by atoms with van der Waals surface area (Å²) in [7, 11) is 4.17. The van der Waals surface area contributed by atoms with Gasteiger partial charge in [-0.05, 0) is 33.5 Å². The highest BCUT2D eigenvalue weighted by atomic mass is 15.1. The van der Waals surface area contributed by atoms with Crippen LogP contribution in [0.15, 0.2) is 6.07 Å². The second-order valence-electron chi connectivity index (χ2n) is 4.28. The third-order valence-electron chi connectivity index (χ3n) is 2.33. The Balaban J connectivity index is 2.30. The zero-order chi connectivity index (χ0) is 11.3. The maximum Gasteiger partial charge on any atom is 0.0622 e. The van der Waals surface area contributed by atoms with E-state index in [9.17, 15) is 0 Å². The van der Waals surface area contributed by atoms with Crippen LogP contribution in [0.4, 0.5) is 0 Å². The highest BCUT2D eigenvalue weighted by molar-refractivity contribution is 5.08. The van der Waals surface area contributed by atoms with Crippen molar-refractivity contribution in [3.05, 3.63) is 17.5 Å². The first-order chi connectivity index (χ1) is 7.11. The van der Waals surface area contributed by atoms with Crippen molar-refractivity contribution >= 4 is 0 Å². The number of aromatic nitrogens is 2. The van der Waals surface area contributed by atoms with Gasteiger partial charge in [-0.2, -0.15) is 5.10 Å². The fourth-order valence-corrected chi connectivity index (χ4v) is 1.58. The summed E-state index contributed by atoms with van der Waals surface area (Å²) in [4.78, 5) is 2.18. The molecular weight excluding hydrogens is 188 g/mol. The summed E-state index contributed by atoms with van der Waals surface area (Å²) < 4.78 is 0. The molecule has 4 heteroatoms. The lowest BCUT2D eigenvalue weighted by Crippen LogP contribution is -2.35. The van der Waals surface area contributed by atoms with Crippen LogP contribution in [0, 0.1) is 0 Å². The number of hydrogen-bond donors (Lipinski definition) is 2. The number of H-pyrrole nitrogens is 1. The van der Waals surface area contributed by atoms with E-state index < -0.39 is 0 Å². The van der Waals surface area contributed by atoms with Gasteiger partial charge in [-0.15, -0.1) is 0 Å². The zero-order valence-corrected chi connectivity index (χ0v) is 10.2. The molecule has 2 N–H and O–H groups in total. The Hall–Kier alpha value is -0.870. The standard InChI is InChI=1S/C11H22N4/c1-5-10-6-11(14-13-10)7-12-9(2)8-15(3)4/h6,9,12H,5,7-8H2,1-4H3,(H,13,14). The van der Waals surface area contributed by atoms with Gasteiger partial charge in [0, 0.05) is 24.8 Å². The molecule has 0 aliphatic rings. The largest absolute Gasteiger partial charge is 0.308 e. The monoisotopic (exact) mass is 210 g/mol. The van der Waals surface area contributed by atoms with Crippen LogP contribution in [0.25, 0.3) is 0 Å². The van der Waals surface area contributed by atoms with Crippen LogP contribution in [0.3, 0.4) is 0 Å². The molecule has 0 fully saturated rings. The Bertz CT molecular complexity index is 280. The van der Waals surface area contributed by atoms with E-state index in [0.29, 0.717) is 6.04 Å². The fraction of sp³-hybridized carbons (Fsp3) is 0.727. The van der Waals surface area contributed by atoms with Crippen LogP contribution in [0.1, 0.15) is 25.2 Å². The van der Waals surface area contributed by atoms with Gasteiger partial charge in [-0.3, -0.25) is 5.10 Å². The lowest BCUT2D eigenvalue weighted by Gasteiger charge is -2.17. The van der Waals surface area contributed by atoms with Crippen LogP contribution in [0.2, 0.25) is 0 Å². The van der Waals surface area contributed by atoms with Crippen LogP contribution >= 0.6 is 0 Å². The van der Waals surface area contributed by atoms with Crippen molar-refractivity contribution in [1.29, 1.82) is 0 Å². The van der Waals surface area contributed by atoms with Gasteiger partial charge in [-0.25, -0.2) is 0 Å². The number of rotatable bonds is 6. The molecule has 0 aliphatic carbocycles. The van der Waals surface area contributed by atoms with E-state index in [2.05, 4.69) is 54.4 Å². The first kappa shape index (κ1) is 12.2. The van der Waals surface area contributed by atoms with E-state index in [1.54, 1.807) is 0 Å². The van der Waals surface area contributed by atoms with Crippen molar-refractivity contribution in [1.82, 2.24) is 20.4 Å². The molecule has 4 nitrogen and oxygen atoms in total. The van der Waals surface area contributed by atoms with Crippen molar-refractivity contribution in [3.63, 3.8) is 0 Å². The van der Waals surface area contributed by atoms with Crippen LogP contribution < -0.4 is 5.32 Å². The van der Waals surface area contributed by atoms with Gasteiger partial charge in [0.2, 0.25) is 0 Å². The molecular formula is C11H22N4. The van der Waals surface area contributed by atoms with Crippen molar-refractivity contribution < 1.29 is 0 Å². The molecule has 1 heterocycles. The summed E-state index contributed by atoms with van der Waals surface area (Å²) in [6.07, 6.45) is 0.990. The number of aryl methyl sites for hydroxylation is 1. The summed E-state index contributed by atoms with van der Waals surface area (Å²) in [5.74, 6) is 0. The third kappa shape index (κ3) is 4.44. The Labute approximate surface area is 92.1 Å². The molecule has 0 spiro atoms. The van der Waals surface area contributed by atoms with E-state index in [1.807, 2.05) is 0 Å². The van der Waals surface area contributed by atoms with Gasteiger partial charge in [0.15, 0.2) is 0 Å². The van der Waals surface area contributed by atoms with E-state index in [1.165, 1.54) is 0 Å². The first-order valence-corrected chi connectivity index (χ1v) is 5.53. The highest BCUT2D eigenvalue weighted by Crippen LogP contribution is 2.00. The van der Waals surface area contributed by atoms with Crippen molar-refractivity contribution in [2.45, 2.75) is 32.9 Å². The Morgan fingerprint density at radius 3 is 2.80 bits per heavy atom. The molecule has 0 saturated heterocycles. The third-order valence-corrected chi connectivity index (χ3v) is 2.33. The molecule has 1 rings (SSSR count). The highest BCUT2D eigenvalue weighted by Gasteiger charge is 2.04. The maximum atomic E-state index is 4.20. The quantitative estimate of drug-likeness (QED) is 0.736. The minimum absolute atomic E-state index is 0.494. The van der Waals surface area contributed by atoms with E-state index in [-0.39, 0.29) is 0 Å². The average Bonchev–Trinajstić information content (AvgIpc) is 2.61. The molecule has 15 heavy (non-hydrogen) atoms. The smallest absolute Gasteiger partial charge is 0.0622 e. The number of aromatic amines is 1. The van der Waals surface area contributed by atoms with Crippen LogP contribution in [-0.2, 0) is 13.0 Å². The summed E-state index contributed by atoms with van der Waals surface area (Å²) in [6, 6.07) is 2.61. The predicted molar refractivity (Wildman–Crippen MR) is 62.8 cm³/mol. The molecule has 1 unspecified atom stereocenters. The minimum atomic E-state index is 0.494. The average molecular weight is 210 g/mol. The van der Waals surface area contributed by atoms with Crippen LogP contribution in [0.5, 0.6) is 0 Å². The summed E-state index contributed by atoms with van der Waals surface area (Å²) in [5, 5.41) is 10.7. The fourth-order valence-electron chi connectivity index (χ4n) is 1.58. The van der Waals surface area contributed by atoms with Crippen molar-refractivity contribution in [2.75, 3.05) is 20.6 Å². The normalized spacial score (nSPS) is 13.4. The van der Waals surface area contributed by atoms with Gasteiger partial charge >= 0.3 is 0 Å². The van der Waals surface area contributed by atoms with Gasteiger partial charge in [0.05, 0.1) is 5.69 Å². The zero-order valence-electron chi connectivity index (χ0n) is 10.2. The number of nitrogens with one attached hydrogen (secondary N) is 2. The van der Waals surface area contributed by atoms with E-state index >= 15 is 0 Å². The Kier molecular flexibility index (Phi) is 4.78. The molecule has 1 aromatic rings. The van der Waals surface area contributed by atoms with Gasteiger partial charge in [0.1, 0.15) is 0 Å². The van der Waals surface area contributed by atoms with E-state index in [0.717, 1.165) is 30.9 Å². The molecule has 1 aromatic heterocycles. The molecule has 0 aliphatic heterocycles. The predicted octanol–water partition coefficient (Wildman–Crippen LogP) is 1.01. The topological polar surface area (TPSA) is 44.0 Å². The number of hydrogen-bond acceptors (Lipinski definition) is 3. The van der Waals surface area contributed by atoms with Crippen LogP contribution in [-0.4, -0.2) is 41.8 Å². The van der Waals surface area contributed by atoms with Crippen molar-refractivity contribution in [3.8, 4) is 0 Å². The molecule has 0 aromatic carbocycles. The Morgan fingerprint density at radius 1 is 1.53 bits per heavy atom. The SMILES string of the molecule is CCc1cc(CNC(C)CN(C)C)[nH]n1. The number of likely N-dealkylation sites (N-methyl/N-ethyl adjacent to an activating group) is 1. The summed E-state index contributed by atoms with van der Waals surface area (Å²) >= 11 is 0. The van der Waals surface area contributed by atoms with Gasteiger partial charge < -0.3 is 10.2 Å². The molecule has 0 amide bonds. The molecule has 0 saturated carbocycles. The second-order valence-corrected chi connectivity index (χ2v) is 4.28. The van der Waals surface area contributed by atoms with Gasteiger partial charge in [0.25, 0.3) is 0 Å². The second kappa shape index (κ2) is 5.88.